The molecule has 2 N–H and O–H groups in total. The van der Waals surface area contributed by atoms with Crippen LogP contribution >= 0.6 is 0 Å². The maximum Gasteiger partial charge on any atom is 0.293 e. The van der Waals surface area contributed by atoms with E-state index in [1.165, 1.54) is 12.1 Å². The van der Waals surface area contributed by atoms with E-state index >= 15 is 0 Å². The highest BCUT2D eigenvalue weighted by Crippen LogP contribution is 2.27. The van der Waals surface area contributed by atoms with Crippen molar-refractivity contribution >= 4 is 27.1 Å². The summed E-state index contributed by atoms with van der Waals surface area (Å²) in [6.45, 7) is 4.18. The number of carbonyl (C=O) groups excluding carboxylic acids is 1. The third-order valence-corrected chi connectivity index (χ3v) is 4.30. The van der Waals surface area contributed by atoms with Gasteiger partial charge in [0.15, 0.2) is 9.84 Å². The molecule has 1 aromatic carbocycles. The van der Waals surface area contributed by atoms with E-state index in [2.05, 4.69) is 10.6 Å². The van der Waals surface area contributed by atoms with E-state index in [-0.39, 0.29) is 35.3 Å². The van der Waals surface area contributed by atoms with Gasteiger partial charge in [0.1, 0.15) is 5.69 Å². The second-order valence-corrected chi connectivity index (χ2v) is 7.20. The molecule has 0 aliphatic carbocycles. The smallest absolute Gasteiger partial charge is 0.293 e. The largest absolute Gasteiger partial charge is 0.378 e. The van der Waals surface area contributed by atoms with Gasteiger partial charge in [0.2, 0.25) is 5.91 Å². The van der Waals surface area contributed by atoms with Crippen LogP contribution in [0.25, 0.3) is 0 Å². The molecule has 0 radical (unpaired) electrons. The van der Waals surface area contributed by atoms with Gasteiger partial charge in [-0.15, -0.1) is 0 Å². The quantitative estimate of drug-likeness (QED) is 0.318. The van der Waals surface area contributed by atoms with Gasteiger partial charge in [-0.25, -0.2) is 8.42 Å². The number of nitrogens with one attached hydrogen (secondary N) is 2. The van der Waals surface area contributed by atoms with Crippen molar-refractivity contribution in [3.8, 4) is 0 Å². The molecule has 0 unspecified atom stereocenters. The number of hydrogen-bond donors (Lipinski definition) is 2. The van der Waals surface area contributed by atoms with E-state index in [1.54, 1.807) is 13.0 Å². The lowest BCUT2D eigenvalue weighted by atomic mass is 10.2. The highest BCUT2D eigenvalue weighted by Gasteiger charge is 2.18. The maximum atomic E-state index is 11.7. The number of hydrogen-bond acceptors (Lipinski definition) is 6. The number of nitro groups is 1. The molecule has 1 amide bonds. The summed E-state index contributed by atoms with van der Waals surface area (Å²) in [6, 6.07) is 3.67. The molecule has 1 aromatic rings. The fourth-order valence-electron chi connectivity index (χ4n) is 1.95. The van der Waals surface area contributed by atoms with Crippen LogP contribution in [0.1, 0.15) is 20.3 Å². The summed E-state index contributed by atoms with van der Waals surface area (Å²) in [4.78, 5) is 22.0. The Morgan fingerprint density at radius 3 is 2.54 bits per heavy atom. The summed E-state index contributed by atoms with van der Waals surface area (Å²) >= 11 is 0. The average molecular weight is 355 g/mol. The van der Waals surface area contributed by atoms with Crippen LogP contribution in [-0.2, 0) is 14.6 Å². The van der Waals surface area contributed by atoms with Crippen molar-refractivity contribution < 1.29 is 18.1 Å². The van der Waals surface area contributed by atoms with Crippen LogP contribution in [0, 0.1) is 10.1 Å². The van der Waals surface area contributed by atoms with Gasteiger partial charge in [-0.05, 0) is 25.5 Å². The number of carbonyl (C=O) groups is 1. The van der Waals surface area contributed by atoms with Crippen LogP contribution in [0.2, 0.25) is 0 Å². The van der Waals surface area contributed by atoms with Crippen LogP contribution in [-0.4, -0.2) is 38.6 Å². The van der Waals surface area contributed by atoms with E-state index < -0.39 is 14.8 Å². The number of sulfone groups is 1. The first kappa shape index (κ1) is 19.6. The zero-order valence-corrected chi connectivity index (χ0v) is 14.6. The average Bonchev–Trinajstić information content (AvgIpc) is 2.50. The number of rotatable bonds is 8. The highest BCUT2D eigenvalue weighted by molar-refractivity contribution is 7.90. The first-order chi connectivity index (χ1) is 11.2. The third-order valence-electron chi connectivity index (χ3n) is 3.19. The van der Waals surface area contributed by atoms with Gasteiger partial charge in [-0.3, -0.25) is 14.9 Å². The molecule has 0 spiro atoms. The number of amides is 1. The Balaban J connectivity index is 2.74. The molecular weight excluding hydrogens is 334 g/mol. The van der Waals surface area contributed by atoms with Gasteiger partial charge in [0.25, 0.3) is 5.69 Å². The van der Waals surface area contributed by atoms with Gasteiger partial charge in [-0.2, -0.15) is 0 Å². The Morgan fingerprint density at radius 1 is 1.33 bits per heavy atom. The first-order valence-corrected chi connectivity index (χ1v) is 9.23. The molecule has 0 aliphatic rings. The minimum absolute atomic E-state index is 0.117. The van der Waals surface area contributed by atoms with Crippen molar-refractivity contribution in [1.29, 1.82) is 0 Å². The topological polar surface area (TPSA) is 118 Å². The molecule has 132 valence electrons. The standard InChI is InChI=1S/C15H21N3O5S/c1-4-5-11(2)15(19)17-9-8-16-13-7-6-12(24(3,22)23)10-14(13)18(20)21/h5-7,10,16H,4,8-9H2,1-3H3,(H,17,19)/b11-5-. The van der Waals surface area contributed by atoms with Crippen molar-refractivity contribution in [2.24, 2.45) is 0 Å². The van der Waals surface area contributed by atoms with E-state index in [4.69, 9.17) is 0 Å². The summed E-state index contributed by atoms with van der Waals surface area (Å²) in [6.07, 6.45) is 3.55. The Hall–Kier alpha value is -2.42. The van der Waals surface area contributed by atoms with E-state index in [1.807, 2.05) is 6.92 Å². The highest BCUT2D eigenvalue weighted by atomic mass is 32.2. The first-order valence-electron chi connectivity index (χ1n) is 7.34. The zero-order valence-electron chi connectivity index (χ0n) is 13.8. The molecule has 0 atom stereocenters. The predicted molar refractivity (Wildman–Crippen MR) is 91.8 cm³/mol. The number of benzene rings is 1. The summed E-state index contributed by atoms with van der Waals surface area (Å²) in [5, 5.41) is 16.6. The molecule has 0 heterocycles. The number of nitro benzene ring substituents is 1. The lowest BCUT2D eigenvalue weighted by Crippen LogP contribution is -2.29. The summed E-state index contributed by atoms with van der Waals surface area (Å²) in [5.74, 6) is -0.194. The number of allylic oxidation sites excluding steroid dienone is 1. The zero-order chi connectivity index (χ0) is 18.3. The second kappa shape index (κ2) is 8.44. The van der Waals surface area contributed by atoms with Crippen molar-refractivity contribution in [3.05, 3.63) is 40.0 Å². The minimum Gasteiger partial charge on any atom is -0.378 e. The molecule has 0 aliphatic heterocycles. The van der Waals surface area contributed by atoms with Crippen molar-refractivity contribution in [2.75, 3.05) is 24.7 Å². The molecule has 0 saturated carbocycles. The predicted octanol–water partition coefficient (Wildman–Crippen LogP) is 1.88. The van der Waals surface area contributed by atoms with Gasteiger partial charge in [0, 0.05) is 31.0 Å². The van der Waals surface area contributed by atoms with E-state index in [0.717, 1.165) is 18.7 Å². The lowest BCUT2D eigenvalue weighted by Gasteiger charge is -2.09. The van der Waals surface area contributed by atoms with Crippen LogP contribution in [0.4, 0.5) is 11.4 Å². The molecule has 8 nitrogen and oxygen atoms in total. The molecule has 0 aromatic heterocycles. The van der Waals surface area contributed by atoms with Crippen LogP contribution in [0.15, 0.2) is 34.7 Å². The van der Waals surface area contributed by atoms with Crippen LogP contribution in [0.3, 0.4) is 0 Å². The van der Waals surface area contributed by atoms with Crippen LogP contribution < -0.4 is 10.6 Å². The number of nitrogens with zero attached hydrogens (tertiary/aromatic N) is 1. The molecule has 1 rings (SSSR count). The van der Waals surface area contributed by atoms with Crippen molar-refractivity contribution in [1.82, 2.24) is 5.32 Å². The fraction of sp³-hybridized carbons (Fsp3) is 0.400. The molecule has 9 heteroatoms. The summed E-state index contributed by atoms with van der Waals surface area (Å²) in [5.41, 5.74) is 0.481. The van der Waals surface area contributed by atoms with Crippen LogP contribution in [0.5, 0.6) is 0 Å². The Labute approximate surface area is 141 Å². The van der Waals surface area contributed by atoms with E-state index in [9.17, 15) is 23.3 Å². The lowest BCUT2D eigenvalue weighted by molar-refractivity contribution is -0.384. The van der Waals surface area contributed by atoms with Crippen molar-refractivity contribution in [2.45, 2.75) is 25.2 Å². The fourth-order valence-corrected chi connectivity index (χ4v) is 2.60. The summed E-state index contributed by atoms with van der Waals surface area (Å²) in [7, 11) is -3.52. The maximum absolute atomic E-state index is 11.7. The summed E-state index contributed by atoms with van der Waals surface area (Å²) < 4.78 is 23.0. The van der Waals surface area contributed by atoms with Crippen molar-refractivity contribution in [3.63, 3.8) is 0 Å². The SMILES string of the molecule is CC/C=C(/C)C(=O)NCCNc1ccc(S(C)(=O)=O)cc1[N+](=O)[O-]. The Morgan fingerprint density at radius 2 is 2.00 bits per heavy atom. The molecule has 0 saturated heterocycles. The molecule has 24 heavy (non-hydrogen) atoms. The molecule has 0 bridgehead atoms. The van der Waals surface area contributed by atoms with Gasteiger partial charge < -0.3 is 10.6 Å². The van der Waals surface area contributed by atoms with E-state index in [0.29, 0.717) is 5.57 Å². The van der Waals surface area contributed by atoms with Gasteiger partial charge >= 0.3 is 0 Å². The Bertz CT molecular complexity index is 756. The molecular formula is C15H21N3O5S. The third kappa shape index (κ3) is 5.65. The number of anilines is 1. The van der Waals surface area contributed by atoms with Gasteiger partial charge in [-0.1, -0.05) is 13.0 Å². The minimum atomic E-state index is -3.52. The monoisotopic (exact) mass is 355 g/mol. The second-order valence-electron chi connectivity index (χ2n) is 5.19. The van der Waals surface area contributed by atoms with Gasteiger partial charge in [0.05, 0.1) is 9.82 Å². The molecule has 0 fully saturated rings. The normalized spacial score (nSPS) is 11.9. The Kier molecular flexibility index (Phi) is 6.90.